The van der Waals surface area contributed by atoms with Crippen molar-refractivity contribution in [3.63, 3.8) is 0 Å². The summed E-state index contributed by atoms with van der Waals surface area (Å²) in [5.41, 5.74) is 0.290. The van der Waals surface area contributed by atoms with Crippen LogP contribution in [-0.2, 0) is 23.8 Å². The van der Waals surface area contributed by atoms with Crippen molar-refractivity contribution in [1.29, 1.82) is 0 Å². The minimum absolute atomic E-state index is 0.0709. The molecule has 1 fully saturated rings. The number of aromatic amines is 1. The topological polar surface area (TPSA) is 79.8 Å². The van der Waals surface area contributed by atoms with Crippen molar-refractivity contribution in [3.05, 3.63) is 93.1 Å². The summed E-state index contributed by atoms with van der Waals surface area (Å²) in [5, 5.41) is 0.599. The van der Waals surface area contributed by atoms with Crippen LogP contribution in [0.3, 0.4) is 0 Å². The molecule has 0 spiro atoms. The zero-order valence-electron chi connectivity index (χ0n) is 25.1. The summed E-state index contributed by atoms with van der Waals surface area (Å²) in [6.07, 6.45) is -6.45. The summed E-state index contributed by atoms with van der Waals surface area (Å²) in [4.78, 5) is 27.9. The van der Waals surface area contributed by atoms with Crippen molar-refractivity contribution >= 4 is 39.9 Å². The number of aryl methyl sites for hydroxylation is 1. The molecule has 0 radical (unpaired) electrons. The van der Waals surface area contributed by atoms with E-state index in [4.69, 9.17) is 14.5 Å². The second-order valence-corrected chi connectivity index (χ2v) is 12.3. The van der Waals surface area contributed by atoms with Gasteiger partial charge < -0.3 is 19.4 Å². The molecule has 6 rings (SSSR count). The van der Waals surface area contributed by atoms with E-state index in [0.717, 1.165) is 47.9 Å². The number of methoxy groups -OCH3 is 1. The Bertz CT molecular complexity index is 1900. The lowest BCUT2D eigenvalue weighted by Crippen LogP contribution is -2.37. The van der Waals surface area contributed by atoms with Crippen LogP contribution in [-0.4, -0.2) is 46.1 Å². The van der Waals surface area contributed by atoms with Crippen molar-refractivity contribution in [3.8, 4) is 11.5 Å². The van der Waals surface area contributed by atoms with Crippen LogP contribution < -0.4 is 9.47 Å². The average molecular weight is 675 g/mol. The van der Waals surface area contributed by atoms with Crippen molar-refractivity contribution < 1.29 is 40.6 Å². The number of hydrogen-bond donors (Lipinski definition) is 1. The van der Waals surface area contributed by atoms with E-state index in [1.807, 2.05) is 19.1 Å². The fraction of sp³-hybridized carbons (Fsp3) is 0.303. The number of carbonyl (C=O) groups excluding carboxylic acids is 1. The Hall–Kier alpha value is -4.46. The lowest BCUT2D eigenvalue weighted by atomic mass is 9.98. The first kappa shape index (κ1) is 32.5. The van der Waals surface area contributed by atoms with Gasteiger partial charge in [-0.25, -0.2) is 4.98 Å². The van der Waals surface area contributed by atoms with Gasteiger partial charge in [0.2, 0.25) is 0 Å². The summed E-state index contributed by atoms with van der Waals surface area (Å²) in [6, 6.07) is 12.1. The third kappa shape index (κ3) is 7.11. The normalized spacial score (nSPS) is 18.3. The van der Waals surface area contributed by atoms with Crippen LogP contribution in [0.25, 0.3) is 17.1 Å². The first-order valence-electron chi connectivity index (χ1n) is 14.6. The van der Waals surface area contributed by atoms with E-state index >= 15 is 0 Å². The molecule has 1 N–H and O–H groups in total. The van der Waals surface area contributed by atoms with E-state index in [0.29, 0.717) is 28.2 Å². The maximum Gasteiger partial charge on any atom is 0.416 e. The fourth-order valence-electron chi connectivity index (χ4n) is 5.59. The quantitative estimate of drug-likeness (QED) is 0.164. The van der Waals surface area contributed by atoms with E-state index in [-0.39, 0.29) is 23.5 Å². The van der Waals surface area contributed by atoms with Crippen molar-refractivity contribution in [1.82, 2.24) is 14.9 Å². The molecule has 2 aliphatic rings. The number of thioether (sulfide) groups is 1. The predicted octanol–water partition coefficient (Wildman–Crippen LogP) is 8.35. The second kappa shape index (κ2) is 12.6. The van der Waals surface area contributed by atoms with Gasteiger partial charge >= 0.3 is 12.4 Å². The molecule has 1 aromatic heterocycles. The maximum absolute atomic E-state index is 13.6. The van der Waals surface area contributed by atoms with Gasteiger partial charge in [0.1, 0.15) is 12.4 Å². The Kier molecular flexibility index (Phi) is 8.72. The predicted molar refractivity (Wildman–Crippen MR) is 166 cm³/mol. The number of ether oxygens (including phenoxy) is 2. The van der Waals surface area contributed by atoms with Crippen LogP contribution >= 0.6 is 11.8 Å². The molecule has 7 nitrogen and oxygen atoms in total. The van der Waals surface area contributed by atoms with Gasteiger partial charge in [0.15, 0.2) is 16.7 Å². The van der Waals surface area contributed by atoms with Gasteiger partial charge in [-0.1, -0.05) is 18.2 Å². The van der Waals surface area contributed by atoms with E-state index in [1.165, 1.54) is 24.9 Å². The number of nitrogens with zero attached hydrogens (tertiary/aromatic N) is 3. The maximum atomic E-state index is 13.6. The van der Waals surface area contributed by atoms with Crippen LogP contribution in [0.5, 0.6) is 11.5 Å². The van der Waals surface area contributed by atoms with E-state index in [9.17, 15) is 31.1 Å². The van der Waals surface area contributed by atoms with Crippen LogP contribution in [0.2, 0.25) is 0 Å². The molecule has 3 heterocycles. The van der Waals surface area contributed by atoms with Gasteiger partial charge in [0.25, 0.3) is 5.91 Å². The Labute approximate surface area is 269 Å². The molecule has 47 heavy (non-hydrogen) atoms. The first-order valence-corrected chi connectivity index (χ1v) is 15.4. The number of piperidine rings is 1. The Balaban J connectivity index is 1.14. The highest BCUT2D eigenvalue weighted by atomic mass is 32.2. The number of halogens is 6. The van der Waals surface area contributed by atoms with E-state index in [1.54, 1.807) is 18.2 Å². The number of fused-ring (bicyclic) bond motifs is 1. The number of hydrogen-bond acceptors (Lipinski definition) is 6. The minimum atomic E-state index is -5.02. The van der Waals surface area contributed by atoms with Gasteiger partial charge in [-0.3, -0.25) is 4.79 Å². The molecule has 14 heteroatoms. The molecule has 1 amide bonds. The number of carbonyl (C=O) groups is 1. The smallest absolute Gasteiger partial charge is 0.416 e. The molecule has 4 aromatic rings. The number of aliphatic imine (C=N–C) groups is 1. The zero-order valence-corrected chi connectivity index (χ0v) is 25.9. The number of nitrogens with one attached hydrogen (secondary N) is 1. The zero-order chi connectivity index (χ0) is 33.5. The Morgan fingerprint density at radius 2 is 1.83 bits per heavy atom. The lowest BCUT2D eigenvalue weighted by Gasteiger charge is -2.32. The molecule has 3 aromatic carbocycles. The summed E-state index contributed by atoms with van der Waals surface area (Å²) in [7, 11) is 1.34. The average Bonchev–Trinajstić information content (AvgIpc) is 3.62. The van der Waals surface area contributed by atoms with Crippen LogP contribution in [0.1, 0.15) is 52.4 Å². The molecule has 246 valence electrons. The third-order valence-electron chi connectivity index (χ3n) is 7.95. The van der Waals surface area contributed by atoms with E-state index < -0.39 is 41.6 Å². The molecule has 0 aliphatic carbocycles. The van der Waals surface area contributed by atoms with Gasteiger partial charge in [0.05, 0.1) is 34.2 Å². The van der Waals surface area contributed by atoms with Crippen molar-refractivity contribution in [2.24, 2.45) is 4.99 Å². The van der Waals surface area contributed by atoms with Crippen molar-refractivity contribution in [2.45, 2.75) is 44.6 Å². The molecule has 0 saturated carbocycles. The summed E-state index contributed by atoms with van der Waals surface area (Å²) in [5.74, 6) is 0.895. The van der Waals surface area contributed by atoms with Gasteiger partial charge in [-0.05, 0) is 85.1 Å². The van der Waals surface area contributed by atoms with Gasteiger partial charge in [-0.15, -0.1) is 0 Å². The summed E-state index contributed by atoms with van der Waals surface area (Å²) >= 11 is 1.25. The number of amides is 1. The highest BCUT2D eigenvalue weighted by Crippen LogP contribution is 2.39. The number of benzene rings is 3. The number of alkyl halides is 6. The Morgan fingerprint density at radius 3 is 2.57 bits per heavy atom. The number of aromatic nitrogens is 2. The molecular formula is C33H28F6N4O3S. The summed E-state index contributed by atoms with van der Waals surface area (Å²) < 4.78 is 90.7. The SMILES string of the molecule is COc1cc(/C=C2/SC(N3CCCC(c4nc5ccc(C)cc5[nH]4)C3)=NC2=O)ccc1OCc1ccc(C(F)(F)F)cc1C(F)(F)F. The van der Waals surface area contributed by atoms with Crippen molar-refractivity contribution in [2.75, 3.05) is 20.2 Å². The molecule has 2 aliphatic heterocycles. The van der Waals surface area contributed by atoms with Gasteiger partial charge in [-0.2, -0.15) is 31.3 Å². The fourth-order valence-corrected chi connectivity index (χ4v) is 6.53. The molecule has 1 atom stereocenters. The highest BCUT2D eigenvalue weighted by molar-refractivity contribution is 8.18. The largest absolute Gasteiger partial charge is 0.493 e. The second-order valence-electron chi connectivity index (χ2n) is 11.3. The molecule has 0 bridgehead atoms. The van der Waals surface area contributed by atoms with Crippen LogP contribution in [0.15, 0.2) is 64.5 Å². The molecular weight excluding hydrogens is 646 g/mol. The highest BCUT2D eigenvalue weighted by Gasteiger charge is 2.38. The first-order chi connectivity index (χ1) is 22.3. The lowest BCUT2D eigenvalue weighted by molar-refractivity contribution is -0.143. The molecule has 1 unspecified atom stereocenters. The number of imidazole rings is 1. The van der Waals surface area contributed by atoms with E-state index in [2.05, 4.69) is 20.9 Å². The van der Waals surface area contributed by atoms with Crippen LogP contribution in [0.4, 0.5) is 26.3 Å². The van der Waals surface area contributed by atoms with Gasteiger partial charge in [0, 0.05) is 24.6 Å². The number of H-pyrrole nitrogens is 1. The van der Waals surface area contributed by atoms with Crippen LogP contribution in [0, 0.1) is 6.92 Å². The standard InChI is InChI=1S/C33H28F6N4O3S/c1-18-5-9-24-25(12-18)41-29(40-24)20-4-3-11-43(16-20)31-42-30(44)28(47-31)14-19-6-10-26(27(13-19)45-2)46-17-21-7-8-22(32(34,35)36)15-23(21)33(37,38)39/h5-10,12-15,20H,3-4,11,16-17H2,1-2H3,(H,40,41)/b28-14+. The Morgan fingerprint density at radius 1 is 1.02 bits per heavy atom. The third-order valence-corrected chi connectivity index (χ3v) is 9.00. The number of likely N-dealkylation sites (tertiary alicyclic amines) is 1. The molecule has 1 saturated heterocycles. The number of rotatable bonds is 6. The number of amidine groups is 1. The summed E-state index contributed by atoms with van der Waals surface area (Å²) in [6.45, 7) is 2.78. The monoisotopic (exact) mass is 674 g/mol. The minimum Gasteiger partial charge on any atom is -0.493 e.